The first-order valence-corrected chi connectivity index (χ1v) is 8.14. The van der Waals surface area contributed by atoms with E-state index in [9.17, 15) is 4.79 Å². The standard InChI is InChI=1S/C17H26BNO4/c1-6-7-12-21-15(20)19-14-10-8-13(9-11-14)18-22-16(2,3)17(4,5)23-18/h8-11H,6-7,12H2,1-5H3,(H,19,20). The lowest BCUT2D eigenvalue weighted by molar-refractivity contribution is 0.00578. The molecular formula is C17H26BNO4. The molecule has 1 aromatic rings. The highest BCUT2D eigenvalue weighted by molar-refractivity contribution is 6.62. The third-order valence-electron chi connectivity index (χ3n) is 4.41. The molecule has 0 saturated carbocycles. The second kappa shape index (κ2) is 6.93. The number of rotatable bonds is 5. The van der Waals surface area contributed by atoms with Gasteiger partial charge in [-0.2, -0.15) is 0 Å². The number of unbranched alkanes of at least 4 members (excludes halogenated alkanes) is 1. The van der Waals surface area contributed by atoms with Gasteiger partial charge in [0.2, 0.25) is 0 Å². The molecular weight excluding hydrogens is 293 g/mol. The third-order valence-corrected chi connectivity index (χ3v) is 4.41. The highest BCUT2D eigenvalue weighted by Gasteiger charge is 2.51. The Morgan fingerprint density at radius 3 is 2.22 bits per heavy atom. The number of ether oxygens (including phenoxy) is 1. The Balaban J connectivity index is 1.94. The van der Waals surface area contributed by atoms with Crippen molar-refractivity contribution in [3.8, 4) is 0 Å². The van der Waals surface area contributed by atoms with Crippen molar-refractivity contribution in [2.45, 2.75) is 58.7 Å². The van der Waals surface area contributed by atoms with Crippen LogP contribution in [0.1, 0.15) is 47.5 Å². The van der Waals surface area contributed by atoms with Crippen LogP contribution in [0.3, 0.4) is 0 Å². The number of nitrogens with one attached hydrogen (secondary N) is 1. The Bertz CT molecular complexity index is 526. The SMILES string of the molecule is CCCCOC(=O)Nc1ccc(B2OC(C)(C)C(C)(C)O2)cc1. The van der Waals surface area contributed by atoms with Crippen LogP contribution in [-0.2, 0) is 14.0 Å². The van der Waals surface area contributed by atoms with Crippen LogP contribution in [0.4, 0.5) is 10.5 Å². The van der Waals surface area contributed by atoms with Crippen molar-refractivity contribution >= 4 is 24.4 Å². The molecule has 1 fully saturated rings. The smallest absolute Gasteiger partial charge is 0.449 e. The molecule has 6 heteroatoms. The number of hydrogen-bond donors (Lipinski definition) is 1. The Morgan fingerprint density at radius 1 is 1.13 bits per heavy atom. The van der Waals surface area contributed by atoms with Gasteiger partial charge < -0.3 is 14.0 Å². The molecule has 1 aliphatic rings. The largest absolute Gasteiger partial charge is 0.494 e. The molecule has 126 valence electrons. The van der Waals surface area contributed by atoms with Crippen LogP contribution >= 0.6 is 0 Å². The molecule has 2 rings (SSSR count). The van der Waals surface area contributed by atoms with Gasteiger partial charge in [0.05, 0.1) is 17.8 Å². The Hall–Kier alpha value is -1.53. The zero-order chi connectivity index (χ0) is 17.1. The van der Waals surface area contributed by atoms with E-state index in [0.717, 1.165) is 18.3 Å². The maximum absolute atomic E-state index is 11.6. The molecule has 1 aliphatic heterocycles. The number of carbonyl (C=O) groups excluding carboxylic acids is 1. The van der Waals surface area contributed by atoms with Gasteiger partial charge in [-0.3, -0.25) is 5.32 Å². The summed E-state index contributed by atoms with van der Waals surface area (Å²) < 4.78 is 17.1. The topological polar surface area (TPSA) is 56.8 Å². The van der Waals surface area contributed by atoms with Gasteiger partial charge in [-0.25, -0.2) is 4.79 Å². The van der Waals surface area contributed by atoms with Crippen molar-refractivity contribution in [3.63, 3.8) is 0 Å². The number of hydrogen-bond acceptors (Lipinski definition) is 4. The van der Waals surface area contributed by atoms with E-state index in [1.807, 2.05) is 52.0 Å². The number of amides is 1. The van der Waals surface area contributed by atoms with Crippen molar-refractivity contribution in [2.75, 3.05) is 11.9 Å². The molecule has 0 bridgehead atoms. The maximum atomic E-state index is 11.6. The molecule has 5 nitrogen and oxygen atoms in total. The van der Waals surface area contributed by atoms with Gasteiger partial charge in [0.15, 0.2) is 0 Å². The van der Waals surface area contributed by atoms with Crippen LogP contribution in [-0.4, -0.2) is 31.0 Å². The minimum absolute atomic E-state index is 0.363. The third kappa shape index (κ3) is 4.27. The minimum Gasteiger partial charge on any atom is -0.449 e. The van der Waals surface area contributed by atoms with Gasteiger partial charge in [0.25, 0.3) is 0 Å². The normalized spacial score (nSPS) is 18.7. The zero-order valence-corrected chi connectivity index (χ0v) is 14.6. The molecule has 0 aliphatic carbocycles. The fourth-order valence-electron chi connectivity index (χ4n) is 2.17. The van der Waals surface area contributed by atoms with E-state index in [1.54, 1.807) is 0 Å². The first-order chi connectivity index (χ1) is 10.7. The van der Waals surface area contributed by atoms with E-state index in [2.05, 4.69) is 12.2 Å². The molecule has 1 heterocycles. The van der Waals surface area contributed by atoms with Gasteiger partial charge in [-0.1, -0.05) is 25.5 Å². The Kier molecular flexibility index (Phi) is 5.37. The summed E-state index contributed by atoms with van der Waals surface area (Å²) in [6.07, 6.45) is 1.44. The van der Waals surface area contributed by atoms with E-state index >= 15 is 0 Å². The molecule has 1 aromatic carbocycles. The summed E-state index contributed by atoms with van der Waals surface area (Å²) in [5, 5.41) is 2.71. The molecule has 23 heavy (non-hydrogen) atoms. The van der Waals surface area contributed by atoms with Crippen LogP contribution in [0, 0.1) is 0 Å². The van der Waals surface area contributed by atoms with Crippen molar-refractivity contribution in [1.82, 2.24) is 0 Å². The molecule has 1 N–H and O–H groups in total. The van der Waals surface area contributed by atoms with E-state index in [-0.39, 0.29) is 11.2 Å². The quantitative estimate of drug-likeness (QED) is 0.668. The number of anilines is 1. The summed E-state index contributed by atoms with van der Waals surface area (Å²) >= 11 is 0. The number of benzene rings is 1. The van der Waals surface area contributed by atoms with Gasteiger partial charge in [-0.15, -0.1) is 0 Å². The van der Waals surface area contributed by atoms with Crippen molar-refractivity contribution in [2.24, 2.45) is 0 Å². The molecule has 0 spiro atoms. The second-order valence-corrected chi connectivity index (χ2v) is 6.82. The van der Waals surface area contributed by atoms with Crippen LogP contribution in [0.5, 0.6) is 0 Å². The fraction of sp³-hybridized carbons (Fsp3) is 0.588. The summed E-state index contributed by atoms with van der Waals surface area (Å²) in [7, 11) is -0.398. The van der Waals surface area contributed by atoms with Gasteiger partial charge >= 0.3 is 13.2 Å². The van der Waals surface area contributed by atoms with Crippen molar-refractivity contribution in [1.29, 1.82) is 0 Å². The van der Waals surface area contributed by atoms with E-state index < -0.39 is 13.2 Å². The summed E-state index contributed by atoms with van der Waals surface area (Å²) in [5.74, 6) is 0. The average molecular weight is 319 g/mol. The van der Waals surface area contributed by atoms with Crippen LogP contribution in [0.15, 0.2) is 24.3 Å². The lowest BCUT2D eigenvalue weighted by atomic mass is 9.79. The lowest BCUT2D eigenvalue weighted by Crippen LogP contribution is -2.41. The van der Waals surface area contributed by atoms with Gasteiger partial charge in [-0.05, 0) is 51.7 Å². The molecule has 1 amide bonds. The molecule has 0 aromatic heterocycles. The van der Waals surface area contributed by atoms with E-state index in [0.29, 0.717) is 12.3 Å². The van der Waals surface area contributed by atoms with Crippen molar-refractivity contribution in [3.05, 3.63) is 24.3 Å². The monoisotopic (exact) mass is 319 g/mol. The average Bonchev–Trinajstić information content (AvgIpc) is 2.68. The summed E-state index contributed by atoms with van der Waals surface area (Å²) in [4.78, 5) is 11.6. The fourth-order valence-corrected chi connectivity index (χ4v) is 2.17. The van der Waals surface area contributed by atoms with E-state index in [1.165, 1.54) is 0 Å². The summed E-state index contributed by atoms with van der Waals surface area (Å²) in [6.45, 7) is 10.6. The molecule has 0 unspecified atom stereocenters. The highest BCUT2D eigenvalue weighted by atomic mass is 16.7. The Labute approximate surface area is 138 Å². The second-order valence-electron chi connectivity index (χ2n) is 6.82. The van der Waals surface area contributed by atoms with Gasteiger partial charge in [0, 0.05) is 5.69 Å². The minimum atomic E-state index is -0.429. The first kappa shape index (κ1) is 17.8. The maximum Gasteiger partial charge on any atom is 0.494 e. The van der Waals surface area contributed by atoms with E-state index in [4.69, 9.17) is 14.0 Å². The summed E-state index contributed by atoms with van der Waals surface area (Å²) in [5.41, 5.74) is 0.885. The lowest BCUT2D eigenvalue weighted by Gasteiger charge is -2.32. The predicted molar refractivity (Wildman–Crippen MR) is 92.0 cm³/mol. The molecule has 0 atom stereocenters. The molecule has 1 saturated heterocycles. The summed E-state index contributed by atoms with van der Waals surface area (Å²) in [6, 6.07) is 7.43. The number of carbonyl (C=O) groups is 1. The van der Waals surface area contributed by atoms with Gasteiger partial charge in [0.1, 0.15) is 0 Å². The van der Waals surface area contributed by atoms with Crippen LogP contribution in [0.2, 0.25) is 0 Å². The van der Waals surface area contributed by atoms with Crippen molar-refractivity contribution < 1.29 is 18.8 Å². The highest BCUT2D eigenvalue weighted by Crippen LogP contribution is 2.36. The zero-order valence-electron chi connectivity index (χ0n) is 14.6. The van der Waals surface area contributed by atoms with Crippen LogP contribution in [0.25, 0.3) is 0 Å². The predicted octanol–water partition coefficient (Wildman–Crippen LogP) is 3.33. The molecule has 0 radical (unpaired) electrons. The Morgan fingerprint density at radius 2 is 1.70 bits per heavy atom. The van der Waals surface area contributed by atoms with Crippen LogP contribution < -0.4 is 10.8 Å². The first-order valence-electron chi connectivity index (χ1n) is 8.14.